The standard InChI is InChI=1S/C16H15ClN2OS/c1-9-10(2)20-11(3)13(9)15-18-19-16(21-15)14(17)12-7-5-4-6-8-12/h4-8,14H,1-3H3. The van der Waals surface area contributed by atoms with Crippen molar-refractivity contribution in [3.05, 3.63) is 58.0 Å². The third kappa shape index (κ3) is 2.61. The molecule has 0 aliphatic carbocycles. The van der Waals surface area contributed by atoms with Crippen molar-refractivity contribution >= 4 is 22.9 Å². The van der Waals surface area contributed by atoms with Crippen molar-refractivity contribution in [1.29, 1.82) is 0 Å². The van der Waals surface area contributed by atoms with Crippen molar-refractivity contribution in [1.82, 2.24) is 10.2 Å². The van der Waals surface area contributed by atoms with E-state index in [9.17, 15) is 0 Å². The van der Waals surface area contributed by atoms with E-state index in [-0.39, 0.29) is 5.38 Å². The van der Waals surface area contributed by atoms with Gasteiger partial charge in [0.1, 0.15) is 21.9 Å². The molecule has 0 aliphatic heterocycles. The molecule has 1 unspecified atom stereocenters. The first kappa shape index (κ1) is 14.3. The van der Waals surface area contributed by atoms with E-state index < -0.39 is 0 Å². The number of aromatic nitrogens is 2. The Bertz CT molecular complexity index is 764. The average Bonchev–Trinajstić information content (AvgIpc) is 3.05. The SMILES string of the molecule is Cc1oc(C)c(-c2nnc(C(Cl)c3ccccc3)s2)c1C. The number of alkyl halides is 1. The van der Waals surface area contributed by atoms with E-state index in [4.69, 9.17) is 16.0 Å². The molecule has 1 atom stereocenters. The lowest BCUT2D eigenvalue weighted by Crippen LogP contribution is -1.91. The van der Waals surface area contributed by atoms with Gasteiger partial charge in [-0.25, -0.2) is 0 Å². The lowest BCUT2D eigenvalue weighted by atomic mass is 10.1. The Morgan fingerprint density at radius 3 is 2.38 bits per heavy atom. The molecular weight excluding hydrogens is 304 g/mol. The summed E-state index contributed by atoms with van der Waals surface area (Å²) in [7, 11) is 0. The average molecular weight is 319 g/mol. The molecule has 0 fully saturated rings. The first-order chi connectivity index (χ1) is 10.1. The van der Waals surface area contributed by atoms with Crippen molar-refractivity contribution < 1.29 is 4.42 Å². The highest BCUT2D eigenvalue weighted by molar-refractivity contribution is 7.15. The number of furan rings is 1. The number of benzene rings is 1. The molecule has 5 heteroatoms. The third-order valence-corrected chi connectivity index (χ3v) is 5.12. The topological polar surface area (TPSA) is 38.9 Å². The molecule has 3 rings (SSSR count). The zero-order chi connectivity index (χ0) is 15.0. The first-order valence-corrected chi connectivity index (χ1v) is 7.92. The summed E-state index contributed by atoms with van der Waals surface area (Å²) in [6.07, 6.45) is 0. The molecule has 108 valence electrons. The number of halogens is 1. The molecule has 3 aromatic rings. The van der Waals surface area contributed by atoms with Gasteiger partial charge in [0.15, 0.2) is 5.01 Å². The minimum atomic E-state index is -0.272. The molecule has 21 heavy (non-hydrogen) atoms. The molecular formula is C16H15ClN2OS. The number of hydrogen-bond donors (Lipinski definition) is 0. The second kappa shape index (κ2) is 5.62. The Kier molecular flexibility index (Phi) is 3.83. The fourth-order valence-electron chi connectivity index (χ4n) is 2.31. The normalized spacial score (nSPS) is 12.6. The summed E-state index contributed by atoms with van der Waals surface area (Å²) in [4.78, 5) is 0. The van der Waals surface area contributed by atoms with E-state index in [1.807, 2.05) is 51.1 Å². The molecule has 0 N–H and O–H groups in total. The van der Waals surface area contributed by atoms with Gasteiger partial charge < -0.3 is 4.42 Å². The Morgan fingerprint density at radius 2 is 1.76 bits per heavy atom. The maximum Gasteiger partial charge on any atom is 0.151 e. The summed E-state index contributed by atoms with van der Waals surface area (Å²) in [6.45, 7) is 5.95. The maximum atomic E-state index is 6.50. The van der Waals surface area contributed by atoms with Crippen molar-refractivity contribution in [3.8, 4) is 10.6 Å². The number of aryl methyl sites for hydroxylation is 2. The Morgan fingerprint density at radius 1 is 1.05 bits per heavy atom. The first-order valence-electron chi connectivity index (χ1n) is 6.67. The number of hydrogen-bond acceptors (Lipinski definition) is 4. The molecule has 0 radical (unpaired) electrons. The van der Waals surface area contributed by atoms with E-state index in [0.29, 0.717) is 0 Å². The van der Waals surface area contributed by atoms with Gasteiger partial charge in [0.25, 0.3) is 0 Å². The Balaban J connectivity index is 1.97. The molecule has 2 heterocycles. The van der Waals surface area contributed by atoms with Crippen molar-refractivity contribution in [3.63, 3.8) is 0 Å². The van der Waals surface area contributed by atoms with Crippen LogP contribution in [0.5, 0.6) is 0 Å². The predicted molar refractivity (Wildman–Crippen MR) is 86.0 cm³/mol. The second-order valence-electron chi connectivity index (χ2n) is 4.93. The number of nitrogens with zero attached hydrogens (tertiary/aromatic N) is 2. The van der Waals surface area contributed by atoms with Gasteiger partial charge in [-0.3, -0.25) is 0 Å². The van der Waals surface area contributed by atoms with Gasteiger partial charge in [0, 0.05) is 5.56 Å². The zero-order valence-corrected chi connectivity index (χ0v) is 13.6. The minimum Gasteiger partial charge on any atom is -0.466 e. The van der Waals surface area contributed by atoms with E-state index in [0.717, 1.165) is 38.2 Å². The van der Waals surface area contributed by atoms with Crippen LogP contribution in [0.1, 0.15) is 33.0 Å². The molecule has 0 saturated carbocycles. The van der Waals surface area contributed by atoms with Crippen LogP contribution in [0, 0.1) is 20.8 Å². The van der Waals surface area contributed by atoms with Gasteiger partial charge >= 0.3 is 0 Å². The monoisotopic (exact) mass is 318 g/mol. The predicted octanol–water partition coefficient (Wildman–Crippen LogP) is 5.05. The molecule has 0 amide bonds. The lowest BCUT2D eigenvalue weighted by molar-refractivity contribution is 0.503. The lowest BCUT2D eigenvalue weighted by Gasteiger charge is -2.04. The zero-order valence-electron chi connectivity index (χ0n) is 12.1. The van der Waals surface area contributed by atoms with Crippen LogP contribution in [-0.4, -0.2) is 10.2 Å². The summed E-state index contributed by atoms with van der Waals surface area (Å²) in [6, 6.07) is 9.91. The van der Waals surface area contributed by atoms with Gasteiger partial charge in [-0.05, 0) is 26.3 Å². The smallest absolute Gasteiger partial charge is 0.151 e. The van der Waals surface area contributed by atoms with Crippen molar-refractivity contribution in [2.75, 3.05) is 0 Å². The highest BCUT2D eigenvalue weighted by atomic mass is 35.5. The van der Waals surface area contributed by atoms with E-state index in [1.54, 1.807) is 0 Å². The molecule has 2 aromatic heterocycles. The summed E-state index contributed by atoms with van der Waals surface area (Å²) in [5, 5.41) is 9.94. The molecule has 1 aromatic carbocycles. The van der Waals surface area contributed by atoms with Crippen LogP contribution in [0.2, 0.25) is 0 Å². The summed E-state index contributed by atoms with van der Waals surface area (Å²) < 4.78 is 5.66. The van der Waals surface area contributed by atoms with Crippen LogP contribution in [-0.2, 0) is 0 Å². The minimum absolute atomic E-state index is 0.272. The summed E-state index contributed by atoms with van der Waals surface area (Å²) in [5.41, 5.74) is 3.17. The second-order valence-corrected chi connectivity index (χ2v) is 6.38. The molecule has 0 spiro atoms. The van der Waals surface area contributed by atoms with Gasteiger partial charge in [0.2, 0.25) is 0 Å². The van der Waals surface area contributed by atoms with Gasteiger partial charge in [-0.15, -0.1) is 21.8 Å². The third-order valence-electron chi connectivity index (χ3n) is 3.52. The van der Waals surface area contributed by atoms with Crippen LogP contribution in [0.3, 0.4) is 0 Å². The fourth-order valence-corrected chi connectivity index (χ4v) is 3.63. The molecule has 0 aliphatic rings. The molecule has 0 saturated heterocycles. The highest BCUT2D eigenvalue weighted by Gasteiger charge is 2.21. The van der Waals surface area contributed by atoms with E-state index >= 15 is 0 Å². The van der Waals surface area contributed by atoms with Gasteiger partial charge in [-0.1, -0.05) is 41.7 Å². The van der Waals surface area contributed by atoms with Crippen LogP contribution in [0.4, 0.5) is 0 Å². The van der Waals surface area contributed by atoms with Gasteiger partial charge in [-0.2, -0.15) is 0 Å². The molecule has 3 nitrogen and oxygen atoms in total. The van der Waals surface area contributed by atoms with Crippen LogP contribution in [0.25, 0.3) is 10.6 Å². The van der Waals surface area contributed by atoms with Crippen LogP contribution < -0.4 is 0 Å². The van der Waals surface area contributed by atoms with Gasteiger partial charge in [0.05, 0.1) is 5.56 Å². The Labute approximate surface area is 132 Å². The van der Waals surface area contributed by atoms with E-state index in [2.05, 4.69) is 10.2 Å². The van der Waals surface area contributed by atoms with E-state index in [1.165, 1.54) is 11.3 Å². The van der Waals surface area contributed by atoms with Crippen LogP contribution >= 0.6 is 22.9 Å². The molecule has 0 bridgehead atoms. The van der Waals surface area contributed by atoms with Crippen molar-refractivity contribution in [2.24, 2.45) is 0 Å². The Hall–Kier alpha value is -1.65. The van der Waals surface area contributed by atoms with Crippen molar-refractivity contribution in [2.45, 2.75) is 26.1 Å². The quantitative estimate of drug-likeness (QED) is 0.634. The highest BCUT2D eigenvalue weighted by Crippen LogP contribution is 2.37. The largest absolute Gasteiger partial charge is 0.466 e. The summed E-state index contributed by atoms with van der Waals surface area (Å²) >= 11 is 8.02. The summed E-state index contributed by atoms with van der Waals surface area (Å²) in [5.74, 6) is 1.79. The maximum absolute atomic E-state index is 6.50. The van der Waals surface area contributed by atoms with Crippen LogP contribution in [0.15, 0.2) is 34.7 Å². The number of rotatable bonds is 3. The fraction of sp³-hybridized carbons (Fsp3) is 0.250.